The van der Waals surface area contributed by atoms with Crippen molar-refractivity contribution in [3.63, 3.8) is 0 Å². The molecule has 1 unspecified atom stereocenters. The normalized spacial score (nSPS) is 17.1. The quantitative estimate of drug-likeness (QED) is 0.277. The van der Waals surface area contributed by atoms with Crippen molar-refractivity contribution in [2.24, 2.45) is 0 Å². The highest BCUT2D eigenvalue weighted by atomic mass is 32.2. The molecule has 1 rings (SSSR count). The molecule has 1 fully saturated rings. The Hall–Kier alpha value is -0.170. The molecular formula is C19H42NO4S+. The van der Waals surface area contributed by atoms with Crippen LogP contribution in [0.4, 0.5) is 0 Å². The molecule has 1 N–H and O–H groups in total. The molecule has 0 aromatic heterocycles. The van der Waals surface area contributed by atoms with E-state index in [-0.39, 0.29) is 11.9 Å². The van der Waals surface area contributed by atoms with Crippen molar-refractivity contribution in [3.05, 3.63) is 0 Å². The van der Waals surface area contributed by atoms with Gasteiger partial charge in [0.15, 0.2) is 0 Å². The maximum atomic E-state index is 9.96. The minimum absolute atomic E-state index is 0.245. The first-order valence-electron chi connectivity index (χ1n) is 10.2. The van der Waals surface area contributed by atoms with Crippen LogP contribution in [0.2, 0.25) is 0 Å². The molecule has 0 aromatic rings. The number of quaternary nitrogens is 1. The van der Waals surface area contributed by atoms with Crippen molar-refractivity contribution in [2.45, 2.75) is 85.2 Å². The fraction of sp³-hybridized carbons (Fsp3) is 1.00. The summed E-state index contributed by atoms with van der Waals surface area (Å²) in [7, 11) is -3.79. The predicted molar refractivity (Wildman–Crippen MR) is 106 cm³/mol. The van der Waals surface area contributed by atoms with E-state index in [1.54, 1.807) is 0 Å². The summed E-state index contributed by atoms with van der Waals surface area (Å²) in [6.45, 7) is 15.5. The van der Waals surface area contributed by atoms with Crippen LogP contribution in [-0.2, 0) is 14.9 Å². The third-order valence-electron chi connectivity index (χ3n) is 4.74. The summed E-state index contributed by atoms with van der Waals surface area (Å²) in [6.07, 6.45) is 10.8. The lowest BCUT2D eigenvalue weighted by Gasteiger charge is -2.39. The first-order valence-corrected chi connectivity index (χ1v) is 11.8. The van der Waals surface area contributed by atoms with Gasteiger partial charge >= 0.3 is 0 Å². The average molecular weight is 381 g/mol. The molecule has 1 atom stereocenters. The van der Waals surface area contributed by atoms with E-state index in [4.69, 9.17) is 4.55 Å². The van der Waals surface area contributed by atoms with Crippen molar-refractivity contribution in [3.8, 4) is 0 Å². The minimum Gasteiger partial charge on any atom is -0.372 e. The topological polar surface area (TPSA) is 66.9 Å². The molecule has 0 bridgehead atoms. The zero-order valence-corrected chi connectivity index (χ0v) is 17.8. The number of epoxide rings is 1. The van der Waals surface area contributed by atoms with Crippen LogP contribution in [0.3, 0.4) is 0 Å². The summed E-state index contributed by atoms with van der Waals surface area (Å²) in [6, 6.07) is 0. The van der Waals surface area contributed by atoms with Crippen LogP contribution in [0.25, 0.3) is 0 Å². The zero-order chi connectivity index (χ0) is 19.2. The number of ether oxygens (including phenoxy) is 1. The Bertz CT molecular complexity index is 370. The van der Waals surface area contributed by atoms with Crippen molar-refractivity contribution in [2.75, 3.05) is 38.5 Å². The monoisotopic (exact) mass is 380 g/mol. The van der Waals surface area contributed by atoms with Crippen molar-refractivity contribution in [1.82, 2.24) is 0 Å². The molecule has 1 aliphatic rings. The Morgan fingerprint density at radius 1 is 0.840 bits per heavy atom. The fourth-order valence-corrected chi connectivity index (χ4v) is 3.71. The summed E-state index contributed by atoms with van der Waals surface area (Å²) in [5, 5.41) is 0. The van der Waals surface area contributed by atoms with Crippen molar-refractivity contribution >= 4 is 10.1 Å². The van der Waals surface area contributed by atoms with Gasteiger partial charge < -0.3 is 9.22 Å². The Morgan fingerprint density at radius 2 is 1.16 bits per heavy atom. The third-order valence-corrected chi connectivity index (χ3v) is 5.54. The summed E-state index contributed by atoms with van der Waals surface area (Å²) >= 11 is 0. The second-order valence-corrected chi connectivity index (χ2v) is 8.85. The van der Waals surface area contributed by atoms with Gasteiger partial charge in [0.2, 0.25) is 0 Å². The average Bonchev–Trinajstić information content (AvgIpc) is 3.36. The number of rotatable bonds is 14. The number of nitrogens with zero attached hydrogens (tertiary/aromatic N) is 1. The van der Waals surface area contributed by atoms with E-state index in [0.717, 1.165) is 0 Å². The Kier molecular flexibility index (Phi) is 13.9. The van der Waals surface area contributed by atoms with E-state index in [0.29, 0.717) is 6.61 Å². The SMILES string of the molecule is CCCC[N+](CCCC)(CCCC)CCCC.O=S(=O)(O)CC1CO1. The highest BCUT2D eigenvalue weighted by Crippen LogP contribution is 2.16. The molecule has 1 saturated heterocycles. The summed E-state index contributed by atoms with van der Waals surface area (Å²) < 4.78 is 34.0. The highest BCUT2D eigenvalue weighted by Gasteiger charge is 2.27. The van der Waals surface area contributed by atoms with Crippen molar-refractivity contribution in [1.29, 1.82) is 0 Å². The molecule has 1 heterocycles. The molecule has 25 heavy (non-hydrogen) atoms. The maximum absolute atomic E-state index is 9.96. The Labute approximate surface area is 156 Å². The summed E-state index contributed by atoms with van der Waals surface area (Å²) in [4.78, 5) is 0. The number of unbranched alkanes of at least 4 members (excludes halogenated alkanes) is 4. The van der Waals surface area contributed by atoms with Gasteiger partial charge in [-0.25, -0.2) is 0 Å². The lowest BCUT2D eigenvalue weighted by Crippen LogP contribution is -2.50. The van der Waals surface area contributed by atoms with E-state index in [2.05, 4.69) is 32.4 Å². The van der Waals surface area contributed by atoms with Gasteiger partial charge in [-0.1, -0.05) is 53.4 Å². The van der Waals surface area contributed by atoms with Crippen LogP contribution in [-0.4, -0.2) is 62.1 Å². The lowest BCUT2D eigenvalue weighted by molar-refractivity contribution is -0.929. The van der Waals surface area contributed by atoms with Gasteiger partial charge in [0.05, 0.1) is 38.9 Å². The molecule has 0 saturated carbocycles. The van der Waals surface area contributed by atoms with Crippen LogP contribution < -0.4 is 0 Å². The van der Waals surface area contributed by atoms with Gasteiger partial charge in [-0.15, -0.1) is 0 Å². The van der Waals surface area contributed by atoms with Crippen LogP contribution >= 0.6 is 0 Å². The molecule has 1 aliphatic heterocycles. The fourth-order valence-electron chi connectivity index (χ4n) is 3.04. The van der Waals surface area contributed by atoms with Crippen LogP contribution in [0.15, 0.2) is 0 Å². The molecule has 0 radical (unpaired) electrons. The molecule has 0 aromatic carbocycles. The van der Waals surface area contributed by atoms with Crippen LogP contribution in [0.1, 0.15) is 79.1 Å². The van der Waals surface area contributed by atoms with Gasteiger partial charge in [0, 0.05) is 0 Å². The Balaban J connectivity index is 0.000000593. The molecule has 5 nitrogen and oxygen atoms in total. The van der Waals surface area contributed by atoms with Crippen LogP contribution in [0.5, 0.6) is 0 Å². The van der Waals surface area contributed by atoms with Gasteiger partial charge in [0.1, 0.15) is 5.75 Å². The molecule has 0 amide bonds. The van der Waals surface area contributed by atoms with Gasteiger partial charge in [-0.05, 0) is 25.7 Å². The van der Waals surface area contributed by atoms with Gasteiger partial charge in [-0.3, -0.25) is 4.55 Å². The van der Waals surface area contributed by atoms with Crippen molar-refractivity contribution < 1.29 is 22.2 Å². The third kappa shape index (κ3) is 14.7. The van der Waals surface area contributed by atoms with E-state index in [9.17, 15) is 8.42 Å². The smallest absolute Gasteiger partial charge is 0.267 e. The number of hydrogen-bond donors (Lipinski definition) is 1. The molecule has 152 valence electrons. The van der Waals surface area contributed by atoms with Crippen LogP contribution in [0, 0.1) is 0 Å². The van der Waals surface area contributed by atoms with Gasteiger partial charge in [0.25, 0.3) is 10.1 Å². The predicted octanol–water partition coefficient (Wildman–Crippen LogP) is 4.28. The highest BCUT2D eigenvalue weighted by molar-refractivity contribution is 7.85. The lowest BCUT2D eigenvalue weighted by atomic mass is 10.1. The largest absolute Gasteiger partial charge is 0.372 e. The first-order chi connectivity index (χ1) is 11.8. The number of hydrogen-bond acceptors (Lipinski definition) is 3. The van der Waals surface area contributed by atoms with E-state index < -0.39 is 10.1 Å². The molecule has 0 aliphatic carbocycles. The molecular weight excluding hydrogens is 338 g/mol. The molecule has 6 heteroatoms. The second kappa shape index (κ2) is 14.0. The Morgan fingerprint density at radius 3 is 1.32 bits per heavy atom. The maximum Gasteiger partial charge on any atom is 0.267 e. The first kappa shape index (κ1) is 24.8. The standard InChI is InChI=1S/C16H36N.C3H6O4S/c1-5-9-13-17(14-10-6-2,15-11-7-3)16-12-8-4;4-8(5,6)2-3-1-7-3/h5-16H2,1-4H3;3H,1-2H2,(H,4,5,6)/q+1;. The minimum atomic E-state index is -3.79. The molecule has 0 spiro atoms. The van der Waals surface area contributed by atoms with Gasteiger partial charge in [-0.2, -0.15) is 8.42 Å². The summed E-state index contributed by atoms with van der Waals surface area (Å²) in [5.41, 5.74) is 0. The summed E-state index contributed by atoms with van der Waals surface area (Å²) in [5.74, 6) is -0.257. The van der Waals surface area contributed by atoms with E-state index in [1.807, 2.05) is 0 Å². The zero-order valence-electron chi connectivity index (χ0n) is 17.0. The second-order valence-electron chi connectivity index (χ2n) is 7.35. The van der Waals surface area contributed by atoms with E-state index >= 15 is 0 Å². The van der Waals surface area contributed by atoms with E-state index in [1.165, 1.54) is 82.0 Å².